The minimum atomic E-state index is -1.12. The third-order valence-corrected chi connectivity index (χ3v) is 6.69. The molecule has 0 bridgehead atoms. The largest absolute Gasteiger partial charge is 0.464 e. The number of benzene rings is 1. The van der Waals surface area contributed by atoms with Crippen molar-refractivity contribution in [3.05, 3.63) is 47.0 Å². The number of carbonyl (C=O) groups is 1. The molecule has 0 radical (unpaired) electrons. The van der Waals surface area contributed by atoms with Crippen LogP contribution in [0.4, 0.5) is 22.0 Å². The molecule has 4 heterocycles. The highest BCUT2D eigenvalue weighted by Gasteiger charge is 2.40. The number of fused-ring (bicyclic) bond motifs is 1. The van der Waals surface area contributed by atoms with Crippen molar-refractivity contribution < 1.29 is 14.6 Å². The number of nitrogens with zero attached hydrogens (tertiary/aromatic N) is 6. The Balaban J connectivity index is 1.40. The lowest BCUT2D eigenvalue weighted by atomic mass is 10.2. The molecule has 2 atom stereocenters. The topological polar surface area (TPSA) is 89.7 Å². The molecule has 2 fully saturated rings. The number of imidazole rings is 1. The predicted molar refractivity (Wildman–Crippen MR) is 120 cm³/mol. The quantitative estimate of drug-likeness (QED) is 0.564. The van der Waals surface area contributed by atoms with Crippen LogP contribution in [0.2, 0.25) is 0 Å². The van der Waals surface area contributed by atoms with E-state index in [4.69, 9.17) is 4.74 Å². The van der Waals surface area contributed by atoms with Crippen LogP contribution in [-0.4, -0.2) is 69.0 Å². The summed E-state index contributed by atoms with van der Waals surface area (Å²) >= 11 is 3.43. The first-order valence-electron chi connectivity index (χ1n) is 10.2. The summed E-state index contributed by atoms with van der Waals surface area (Å²) in [6, 6.07) is 7.56. The van der Waals surface area contributed by atoms with Gasteiger partial charge in [0, 0.05) is 44.3 Å². The number of ether oxygens (including phenoxy) is 1. The zero-order valence-electron chi connectivity index (χ0n) is 17.3. The van der Waals surface area contributed by atoms with Crippen LogP contribution in [0.3, 0.4) is 0 Å². The molecule has 2 aromatic heterocycles. The van der Waals surface area contributed by atoms with E-state index < -0.39 is 6.09 Å². The number of aromatic nitrogens is 3. The molecule has 3 aromatic rings. The first-order valence-corrected chi connectivity index (χ1v) is 11.0. The average molecular weight is 487 g/mol. The van der Waals surface area contributed by atoms with Crippen LogP contribution in [0.15, 0.2) is 41.3 Å². The van der Waals surface area contributed by atoms with Gasteiger partial charge in [0.15, 0.2) is 11.5 Å². The standard InChI is InChI=1S/C21H23BrN6O3/c1-13-17(22)24-19(18-23-7-8-27(13)18)28(21(29)30)16-5-3-15(4-6-16)25-9-11-26(12-10-25)20-14(2)31-20/h3-8,14,20H,9-12H2,1-2H3,(H,29,30). The zero-order valence-corrected chi connectivity index (χ0v) is 18.9. The molecule has 2 unspecified atom stereocenters. The highest BCUT2D eigenvalue weighted by Crippen LogP contribution is 2.32. The summed E-state index contributed by atoms with van der Waals surface area (Å²) in [7, 11) is 0. The lowest BCUT2D eigenvalue weighted by Crippen LogP contribution is -2.47. The normalized spacial score (nSPS) is 21.5. The van der Waals surface area contributed by atoms with E-state index in [9.17, 15) is 9.90 Å². The van der Waals surface area contributed by atoms with E-state index in [0.29, 0.717) is 22.0 Å². The lowest BCUT2D eigenvalue weighted by molar-refractivity contribution is 0.166. The van der Waals surface area contributed by atoms with Crippen LogP contribution in [0.5, 0.6) is 0 Å². The number of amides is 1. The van der Waals surface area contributed by atoms with Crippen molar-refractivity contribution in [2.45, 2.75) is 26.2 Å². The molecule has 162 valence electrons. The van der Waals surface area contributed by atoms with E-state index in [2.05, 4.69) is 42.6 Å². The summed E-state index contributed by atoms with van der Waals surface area (Å²) in [5.41, 5.74) is 2.92. The molecule has 0 saturated carbocycles. The van der Waals surface area contributed by atoms with Crippen molar-refractivity contribution in [3.63, 3.8) is 0 Å². The molecule has 2 aliphatic heterocycles. The van der Waals surface area contributed by atoms with Crippen molar-refractivity contribution in [2.75, 3.05) is 36.0 Å². The predicted octanol–water partition coefficient (Wildman–Crippen LogP) is 3.48. The van der Waals surface area contributed by atoms with Crippen molar-refractivity contribution in [1.29, 1.82) is 0 Å². The number of halogens is 1. The minimum absolute atomic E-state index is 0.259. The fourth-order valence-electron chi connectivity index (χ4n) is 4.14. The molecular formula is C21H23BrN6O3. The molecule has 2 aliphatic rings. The first-order chi connectivity index (χ1) is 14.9. The summed E-state index contributed by atoms with van der Waals surface area (Å²) in [5.74, 6) is 0.259. The maximum Gasteiger partial charge on any atom is 0.417 e. The molecule has 0 spiro atoms. The summed E-state index contributed by atoms with van der Waals surface area (Å²) < 4.78 is 7.97. The Morgan fingerprint density at radius 2 is 1.90 bits per heavy atom. The Morgan fingerprint density at radius 1 is 1.23 bits per heavy atom. The fourth-order valence-corrected chi connectivity index (χ4v) is 4.50. The van der Waals surface area contributed by atoms with Gasteiger partial charge in [-0.05, 0) is 54.0 Å². The SMILES string of the molecule is Cc1c(Br)nc(N(C(=O)O)c2ccc(N3CCN(C4OC4C)CC3)cc2)c2nccn12. The van der Waals surface area contributed by atoms with Gasteiger partial charge in [-0.1, -0.05) is 0 Å². The molecule has 2 saturated heterocycles. The average Bonchev–Trinajstić information content (AvgIpc) is 3.29. The number of carboxylic acid groups (broad SMARTS) is 1. The Labute approximate surface area is 188 Å². The minimum Gasteiger partial charge on any atom is -0.464 e. The van der Waals surface area contributed by atoms with Crippen LogP contribution in [0.25, 0.3) is 5.65 Å². The molecule has 31 heavy (non-hydrogen) atoms. The van der Waals surface area contributed by atoms with Crippen LogP contribution in [-0.2, 0) is 4.74 Å². The van der Waals surface area contributed by atoms with Crippen molar-refractivity contribution in [1.82, 2.24) is 19.3 Å². The number of epoxide rings is 1. The van der Waals surface area contributed by atoms with Gasteiger partial charge in [0.05, 0.1) is 17.5 Å². The summed E-state index contributed by atoms with van der Waals surface area (Å²) in [6.07, 6.45) is 2.92. The fraction of sp³-hybridized carbons (Fsp3) is 0.381. The lowest BCUT2D eigenvalue weighted by Gasteiger charge is -2.35. The van der Waals surface area contributed by atoms with E-state index in [-0.39, 0.29) is 12.0 Å². The van der Waals surface area contributed by atoms with Crippen LogP contribution >= 0.6 is 15.9 Å². The van der Waals surface area contributed by atoms with Gasteiger partial charge < -0.3 is 14.7 Å². The second-order valence-corrected chi connectivity index (χ2v) is 8.57. The Kier molecular flexibility index (Phi) is 5.07. The molecule has 9 nitrogen and oxygen atoms in total. The van der Waals surface area contributed by atoms with E-state index >= 15 is 0 Å². The van der Waals surface area contributed by atoms with E-state index in [1.165, 1.54) is 4.90 Å². The van der Waals surface area contributed by atoms with E-state index in [0.717, 1.165) is 37.6 Å². The van der Waals surface area contributed by atoms with E-state index in [1.807, 2.05) is 35.6 Å². The van der Waals surface area contributed by atoms with Gasteiger partial charge in [0.25, 0.3) is 0 Å². The third-order valence-electron chi connectivity index (χ3n) is 5.93. The molecule has 10 heteroatoms. The van der Waals surface area contributed by atoms with Gasteiger partial charge in [0.2, 0.25) is 0 Å². The maximum absolute atomic E-state index is 12.2. The number of rotatable bonds is 4. The van der Waals surface area contributed by atoms with Crippen LogP contribution < -0.4 is 9.80 Å². The highest BCUT2D eigenvalue weighted by atomic mass is 79.9. The smallest absolute Gasteiger partial charge is 0.417 e. The Morgan fingerprint density at radius 3 is 2.52 bits per heavy atom. The number of hydrogen-bond donors (Lipinski definition) is 1. The van der Waals surface area contributed by atoms with Crippen LogP contribution in [0, 0.1) is 6.92 Å². The second-order valence-electron chi connectivity index (χ2n) is 7.82. The van der Waals surface area contributed by atoms with Gasteiger partial charge in [-0.3, -0.25) is 9.30 Å². The van der Waals surface area contributed by atoms with Gasteiger partial charge in [0.1, 0.15) is 10.8 Å². The van der Waals surface area contributed by atoms with Gasteiger partial charge in [-0.2, -0.15) is 0 Å². The highest BCUT2D eigenvalue weighted by molar-refractivity contribution is 9.10. The number of hydrogen-bond acceptors (Lipinski definition) is 6. The van der Waals surface area contributed by atoms with E-state index in [1.54, 1.807) is 12.4 Å². The molecule has 0 aliphatic carbocycles. The number of aryl methyl sites for hydroxylation is 1. The summed E-state index contributed by atoms with van der Waals surface area (Å²) in [6.45, 7) is 7.73. The van der Waals surface area contributed by atoms with Crippen molar-refractivity contribution >= 4 is 44.9 Å². The molecule has 1 amide bonds. The molecule has 1 N–H and O–H groups in total. The first kappa shape index (κ1) is 20.2. The van der Waals surface area contributed by atoms with Crippen molar-refractivity contribution in [3.8, 4) is 0 Å². The maximum atomic E-state index is 12.2. The Bertz CT molecular complexity index is 1130. The molecule has 1 aromatic carbocycles. The van der Waals surface area contributed by atoms with Crippen molar-refractivity contribution in [2.24, 2.45) is 0 Å². The van der Waals surface area contributed by atoms with Gasteiger partial charge in [-0.15, -0.1) is 0 Å². The monoisotopic (exact) mass is 486 g/mol. The summed E-state index contributed by atoms with van der Waals surface area (Å²) in [4.78, 5) is 26.8. The Hall–Kier alpha value is -2.69. The zero-order chi connectivity index (χ0) is 21.7. The molecule has 5 rings (SSSR count). The second kappa shape index (κ2) is 7.77. The third kappa shape index (κ3) is 3.64. The molecular weight excluding hydrogens is 464 g/mol. The number of anilines is 3. The van der Waals surface area contributed by atoms with Gasteiger partial charge >= 0.3 is 6.09 Å². The van der Waals surface area contributed by atoms with Gasteiger partial charge in [-0.25, -0.2) is 19.7 Å². The van der Waals surface area contributed by atoms with Crippen LogP contribution in [0.1, 0.15) is 12.6 Å². The number of piperazine rings is 1. The summed E-state index contributed by atoms with van der Waals surface area (Å²) in [5, 5.41) is 9.97.